The second-order valence-electron chi connectivity index (χ2n) is 5.46. The Balaban J connectivity index is 1.91. The lowest BCUT2D eigenvalue weighted by Gasteiger charge is -2.04. The highest BCUT2D eigenvalue weighted by molar-refractivity contribution is 8.18. The Labute approximate surface area is 145 Å². The Morgan fingerprint density at radius 1 is 1.08 bits per heavy atom. The molecule has 0 aromatic heterocycles. The summed E-state index contributed by atoms with van der Waals surface area (Å²) in [5.41, 5.74) is 3.93. The van der Waals surface area contributed by atoms with Crippen LogP contribution in [0.3, 0.4) is 0 Å². The van der Waals surface area contributed by atoms with Gasteiger partial charge < -0.3 is 10.1 Å². The largest absolute Gasteiger partial charge is 0.496 e. The summed E-state index contributed by atoms with van der Waals surface area (Å²) in [6.07, 6.45) is 1.83. The summed E-state index contributed by atoms with van der Waals surface area (Å²) < 4.78 is 5.33. The molecule has 122 valence electrons. The van der Waals surface area contributed by atoms with Crippen LogP contribution in [0.1, 0.15) is 16.7 Å². The number of ether oxygens (including phenoxy) is 1. The molecule has 3 rings (SSSR count). The molecular formula is C19H18N2O2S. The van der Waals surface area contributed by atoms with Crippen molar-refractivity contribution >= 4 is 34.6 Å². The van der Waals surface area contributed by atoms with Crippen LogP contribution in [0.25, 0.3) is 6.08 Å². The molecule has 1 N–H and O–H groups in total. The molecular weight excluding hydrogens is 320 g/mol. The van der Waals surface area contributed by atoms with Crippen LogP contribution in [0.2, 0.25) is 0 Å². The number of hydrogen-bond acceptors (Lipinski definition) is 4. The predicted octanol–water partition coefficient (Wildman–Crippen LogP) is 4.20. The third kappa shape index (κ3) is 3.36. The first-order chi connectivity index (χ1) is 11.6. The lowest BCUT2D eigenvalue weighted by Crippen LogP contribution is -2.19. The molecule has 0 saturated carbocycles. The minimum absolute atomic E-state index is 0.143. The summed E-state index contributed by atoms with van der Waals surface area (Å²) in [7, 11) is 1.62. The van der Waals surface area contributed by atoms with E-state index in [2.05, 4.69) is 10.3 Å². The molecule has 4 nitrogen and oxygen atoms in total. The van der Waals surface area contributed by atoms with Crippen molar-refractivity contribution in [1.82, 2.24) is 5.32 Å². The van der Waals surface area contributed by atoms with Gasteiger partial charge in [-0.3, -0.25) is 4.79 Å². The number of carbonyl (C=O) groups is 1. The lowest BCUT2D eigenvalue weighted by molar-refractivity contribution is -0.115. The molecule has 5 heteroatoms. The molecule has 1 fully saturated rings. The molecule has 0 aliphatic carbocycles. The van der Waals surface area contributed by atoms with Gasteiger partial charge >= 0.3 is 0 Å². The minimum atomic E-state index is -0.143. The molecule has 2 aromatic carbocycles. The number of aryl methyl sites for hydroxylation is 2. The molecule has 1 saturated heterocycles. The number of amides is 1. The molecule has 2 aromatic rings. The molecule has 1 aliphatic rings. The van der Waals surface area contributed by atoms with Gasteiger partial charge in [0.1, 0.15) is 5.75 Å². The van der Waals surface area contributed by atoms with Crippen molar-refractivity contribution in [2.45, 2.75) is 13.8 Å². The lowest BCUT2D eigenvalue weighted by atomic mass is 10.1. The fourth-order valence-corrected chi connectivity index (χ4v) is 3.31. The number of methoxy groups -OCH3 is 1. The van der Waals surface area contributed by atoms with E-state index in [1.165, 1.54) is 11.8 Å². The van der Waals surface area contributed by atoms with Gasteiger partial charge in [0.2, 0.25) is 0 Å². The maximum Gasteiger partial charge on any atom is 0.264 e. The number of carbonyl (C=O) groups excluding carboxylic acids is 1. The van der Waals surface area contributed by atoms with E-state index in [1.54, 1.807) is 7.11 Å². The van der Waals surface area contributed by atoms with Crippen molar-refractivity contribution in [2.75, 3.05) is 7.11 Å². The van der Waals surface area contributed by atoms with E-state index in [-0.39, 0.29) is 5.91 Å². The number of thioether (sulfide) groups is 1. The van der Waals surface area contributed by atoms with Crippen LogP contribution in [0.4, 0.5) is 5.69 Å². The van der Waals surface area contributed by atoms with Crippen molar-refractivity contribution in [1.29, 1.82) is 0 Å². The highest BCUT2D eigenvalue weighted by atomic mass is 32.2. The summed E-state index contributed by atoms with van der Waals surface area (Å²) in [6, 6.07) is 13.6. The van der Waals surface area contributed by atoms with E-state index in [0.29, 0.717) is 10.1 Å². The van der Waals surface area contributed by atoms with Crippen LogP contribution in [0.5, 0.6) is 5.75 Å². The Bertz CT molecular complexity index is 836. The molecule has 0 unspecified atom stereocenters. The van der Waals surface area contributed by atoms with E-state index in [9.17, 15) is 4.79 Å². The van der Waals surface area contributed by atoms with E-state index < -0.39 is 0 Å². The topological polar surface area (TPSA) is 50.7 Å². The van der Waals surface area contributed by atoms with Gasteiger partial charge in [-0.1, -0.05) is 36.4 Å². The number of para-hydroxylation sites is 2. The van der Waals surface area contributed by atoms with Crippen molar-refractivity contribution in [2.24, 2.45) is 4.99 Å². The molecule has 0 spiro atoms. The molecule has 1 amide bonds. The van der Waals surface area contributed by atoms with Gasteiger partial charge in [0.15, 0.2) is 5.17 Å². The second kappa shape index (κ2) is 6.93. The Morgan fingerprint density at radius 3 is 2.50 bits per heavy atom. The number of rotatable bonds is 3. The first kappa shape index (κ1) is 16.3. The van der Waals surface area contributed by atoms with Crippen molar-refractivity contribution in [3.8, 4) is 5.75 Å². The fourth-order valence-electron chi connectivity index (χ4n) is 2.49. The maximum absolute atomic E-state index is 12.2. The summed E-state index contributed by atoms with van der Waals surface area (Å²) >= 11 is 1.34. The van der Waals surface area contributed by atoms with Gasteiger partial charge in [-0.05, 0) is 48.9 Å². The van der Waals surface area contributed by atoms with Crippen LogP contribution in [-0.4, -0.2) is 18.2 Å². The number of hydrogen-bond donors (Lipinski definition) is 1. The first-order valence-electron chi connectivity index (χ1n) is 7.57. The van der Waals surface area contributed by atoms with E-state index >= 15 is 0 Å². The Hall–Kier alpha value is -2.53. The monoisotopic (exact) mass is 338 g/mol. The van der Waals surface area contributed by atoms with Gasteiger partial charge in [0.25, 0.3) is 5.91 Å². The highest BCUT2D eigenvalue weighted by Crippen LogP contribution is 2.32. The predicted molar refractivity (Wildman–Crippen MR) is 99.7 cm³/mol. The van der Waals surface area contributed by atoms with Gasteiger partial charge in [0.05, 0.1) is 17.7 Å². The summed E-state index contributed by atoms with van der Waals surface area (Å²) in [5, 5.41) is 3.43. The Kier molecular flexibility index (Phi) is 4.71. The highest BCUT2D eigenvalue weighted by Gasteiger charge is 2.24. The third-order valence-electron chi connectivity index (χ3n) is 3.73. The van der Waals surface area contributed by atoms with Crippen LogP contribution in [-0.2, 0) is 4.79 Å². The van der Waals surface area contributed by atoms with Crippen molar-refractivity contribution in [3.05, 3.63) is 64.1 Å². The molecule has 0 bridgehead atoms. The Morgan fingerprint density at radius 2 is 1.79 bits per heavy atom. The van der Waals surface area contributed by atoms with Gasteiger partial charge in [0, 0.05) is 5.56 Å². The zero-order valence-electron chi connectivity index (χ0n) is 13.8. The van der Waals surface area contributed by atoms with Gasteiger partial charge in [-0.25, -0.2) is 4.99 Å². The number of benzene rings is 2. The SMILES string of the molecule is COc1ccccc1/C=C1\SC(=Nc2c(C)cccc2C)NC1=O. The van der Waals surface area contributed by atoms with Crippen molar-refractivity contribution in [3.63, 3.8) is 0 Å². The zero-order chi connectivity index (χ0) is 17.1. The normalized spacial score (nSPS) is 17.4. The smallest absolute Gasteiger partial charge is 0.264 e. The maximum atomic E-state index is 12.2. The number of nitrogens with one attached hydrogen (secondary N) is 1. The molecule has 0 radical (unpaired) electrons. The van der Waals surface area contributed by atoms with Crippen LogP contribution < -0.4 is 10.1 Å². The third-order valence-corrected chi connectivity index (χ3v) is 4.64. The first-order valence-corrected chi connectivity index (χ1v) is 8.39. The fraction of sp³-hybridized carbons (Fsp3) is 0.158. The number of nitrogens with zero attached hydrogens (tertiary/aromatic N) is 1. The van der Waals surface area contributed by atoms with E-state index in [0.717, 1.165) is 28.1 Å². The van der Waals surface area contributed by atoms with E-state index in [1.807, 2.05) is 62.4 Å². The van der Waals surface area contributed by atoms with Crippen LogP contribution in [0.15, 0.2) is 52.4 Å². The van der Waals surface area contributed by atoms with Gasteiger partial charge in [-0.15, -0.1) is 0 Å². The van der Waals surface area contributed by atoms with E-state index in [4.69, 9.17) is 4.74 Å². The molecule has 1 heterocycles. The van der Waals surface area contributed by atoms with Crippen LogP contribution in [0, 0.1) is 13.8 Å². The number of aliphatic imine (C=N–C) groups is 1. The van der Waals surface area contributed by atoms with Crippen LogP contribution >= 0.6 is 11.8 Å². The molecule has 0 atom stereocenters. The molecule has 24 heavy (non-hydrogen) atoms. The molecule has 1 aliphatic heterocycles. The summed E-state index contributed by atoms with van der Waals surface area (Å²) in [6.45, 7) is 4.03. The number of amidine groups is 1. The summed E-state index contributed by atoms with van der Waals surface area (Å²) in [5.74, 6) is 0.592. The second-order valence-corrected chi connectivity index (χ2v) is 6.49. The summed E-state index contributed by atoms with van der Waals surface area (Å²) in [4.78, 5) is 17.4. The zero-order valence-corrected chi connectivity index (χ0v) is 14.6. The average Bonchev–Trinajstić information content (AvgIpc) is 2.91. The standard InChI is InChI=1S/C19H18N2O2S/c1-12-7-6-8-13(2)17(12)20-19-21-18(22)16(24-19)11-14-9-4-5-10-15(14)23-3/h4-11H,1-3H3,(H,20,21,22)/b16-11-. The minimum Gasteiger partial charge on any atom is -0.496 e. The van der Waals surface area contributed by atoms with Crippen molar-refractivity contribution < 1.29 is 9.53 Å². The average molecular weight is 338 g/mol. The van der Waals surface area contributed by atoms with Gasteiger partial charge in [-0.2, -0.15) is 0 Å². The quantitative estimate of drug-likeness (QED) is 0.853.